The second-order valence-corrected chi connectivity index (χ2v) is 7.20. The number of hydrogen-bond donors (Lipinski definition) is 3. The normalized spacial score (nSPS) is 11.2. The van der Waals surface area contributed by atoms with E-state index in [4.69, 9.17) is 5.11 Å². The maximum Gasteiger partial charge on any atom is 0.337 e. The molecule has 2 aromatic rings. The number of phenolic OH excluding ortho intramolecular Hbond substituents is 1. The lowest BCUT2D eigenvalue weighted by Crippen LogP contribution is -2.14. The molecule has 106 valence electrons. The summed E-state index contributed by atoms with van der Waals surface area (Å²) >= 11 is 1.08. The molecule has 0 aliphatic carbocycles. The van der Waals surface area contributed by atoms with Crippen molar-refractivity contribution in [3.8, 4) is 5.75 Å². The van der Waals surface area contributed by atoms with E-state index in [9.17, 15) is 18.3 Å². The molecule has 1 aromatic carbocycles. The van der Waals surface area contributed by atoms with Gasteiger partial charge in [-0.1, -0.05) is 0 Å². The van der Waals surface area contributed by atoms with Crippen LogP contribution in [0.25, 0.3) is 0 Å². The van der Waals surface area contributed by atoms with Crippen molar-refractivity contribution in [3.05, 3.63) is 40.8 Å². The van der Waals surface area contributed by atoms with Gasteiger partial charge in [-0.3, -0.25) is 4.72 Å². The van der Waals surface area contributed by atoms with E-state index in [1.165, 1.54) is 18.2 Å². The first-order chi connectivity index (χ1) is 9.29. The molecule has 0 aliphatic rings. The van der Waals surface area contributed by atoms with E-state index in [1.54, 1.807) is 13.0 Å². The summed E-state index contributed by atoms with van der Waals surface area (Å²) in [7, 11) is -3.84. The first-order valence-corrected chi connectivity index (χ1v) is 7.75. The summed E-state index contributed by atoms with van der Waals surface area (Å²) in [5.41, 5.74) is -0.414. The molecule has 2 rings (SSSR count). The van der Waals surface area contributed by atoms with E-state index in [0.29, 0.717) is 0 Å². The molecule has 6 nitrogen and oxygen atoms in total. The third-order valence-electron chi connectivity index (χ3n) is 2.46. The lowest BCUT2D eigenvalue weighted by Gasteiger charge is -2.09. The number of aromatic hydroxyl groups is 1. The predicted octanol–water partition coefficient (Wildman–Crippen LogP) is 2.26. The van der Waals surface area contributed by atoms with Gasteiger partial charge in [0.15, 0.2) is 0 Å². The summed E-state index contributed by atoms with van der Waals surface area (Å²) in [6.45, 7) is 1.77. The van der Waals surface area contributed by atoms with E-state index in [1.807, 2.05) is 0 Å². The van der Waals surface area contributed by atoms with Crippen LogP contribution in [0.5, 0.6) is 5.75 Å². The van der Waals surface area contributed by atoms with Gasteiger partial charge in [-0.25, -0.2) is 13.2 Å². The van der Waals surface area contributed by atoms with Crippen LogP contribution in [0.4, 0.5) is 5.69 Å². The SMILES string of the molecule is Cc1ccc(S(=O)(=O)Nc2ccc(O)cc2C(=O)O)s1. The van der Waals surface area contributed by atoms with Gasteiger partial charge in [0.2, 0.25) is 0 Å². The molecule has 0 aliphatic heterocycles. The number of anilines is 1. The van der Waals surface area contributed by atoms with Crippen molar-refractivity contribution < 1.29 is 23.4 Å². The maximum atomic E-state index is 12.1. The van der Waals surface area contributed by atoms with Gasteiger partial charge in [-0.2, -0.15) is 0 Å². The van der Waals surface area contributed by atoms with Crippen molar-refractivity contribution in [2.75, 3.05) is 4.72 Å². The third-order valence-corrected chi connectivity index (χ3v) is 5.32. The van der Waals surface area contributed by atoms with Gasteiger partial charge >= 0.3 is 5.97 Å². The molecule has 8 heteroatoms. The van der Waals surface area contributed by atoms with E-state index >= 15 is 0 Å². The Bertz CT molecular complexity index is 764. The fourth-order valence-electron chi connectivity index (χ4n) is 1.55. The molecule has 0 spiro atoms. The molecule has 0 amide bonds. The molecular weight excluding hydrogens is 302 g/mol. The molecule has 0 bridgehead atoms. The van der Waals surface area contributed by atoms with Gasteiger partial charge in [0.05, 0.1) is 11.3 Å². The molecule has 0 saturated heterocycles. The molecule has 0 atom stereocenters. The fraction of sp³-hybridized carbons (Fsp3) is 0.0833. The number of carboxylic acids is 1. The molecule has 0 radical (unpaired) electrons. The minimum Gasteiger partial charge on any atom is -0.508 e. The van der Waals surface area contributed by atoms with Crippen LogP contribution in [0.3, 0.4) is 0 Å². The minimum atomic E-state index is -3.84. The van der Waals surface area contributed by atoms with Gasteiger partial charge < -0.3 is 10.2 Å². The fourth-order valence-corrected chi connectivity index (χ4v) is 3.91. The molecule has 3 N–H and O–H groups in total. The number of nitrogens with one attached hydrogen (secondary N) is 1. The Labute approximate surface area is 119 Å². The molecule has 0 unspecified atom stereocenters. The van der Waals surface area contributed by atoms with Crippen LogP contribution in [-0.2, 0) is 10.0 Å². The van der Waals surface area contributed by atoms with Crippen LogP contribution < -0.4 is 4.72 Å². The van der Waals surface area contributed by atoms with Crippen molar-refractivity contribution in [2.24, 2.45) is 0 Å². The first kappa shape index (κ1) is 14.4. The Hall–Kier alpha value is -2.06. The number of hydrogen-bond acceptors (Lipinski definition) is 5. The number of carboxylic acid groups (broad SMARTS) is 1. The Morgan fingerprint density at radius 3 is 2.50 bits per heavy atom. The smallest absolute Gasteiger partial charge is 0.337 e. The summed E-state index contributed by atoms with van der Waals surface area (Å²) in [4.78, 5) is 11.9. The average Bonchev–Trinajstić information content (AvgIpc) is 2.78. The summed E-state index contributed by atoms with van der Waals surface area (Å²) < 4.78 is 26.5. The predicted molar refractivity (Wildman–Crippen MR) is 74.9 cm³/mol. The lowest BCUT2D eigenvalue weighted by atomic mass is 10.2. The van der Waals surface area contributed by atoms with Crippen LogP contribution in [0.2, 0.25) is 0 Å². The van der Waals surface area contributed by atoms with Gasteiger partial charge in [0.25, 0.3) is 10.0 Å². The Morgan fingerprint density at radius 2 is 1.95 bits per heavy atom. The standard InChI is InChI=1S/C12H11NO5S2/c1-7-2-5-11(19-7)20(17,18)13-10-4-3-8(14)6-9(10)12(15)16/h2-6,13-14H,1H3,(H,15,16). The van der Waals surface area contributed by atoms with E-state index < -0.39 is 16.0 Å². The van der Waals surface area contributed by atoms with E-state index in [2.05, 4.69) is 4.72 Å². The highest BCUT2D eigenvalue weighted by molar-refractivity contribution is 7.94. The quantitative estimate of drug-likeness (QED) is 0.751. The highest BCUT2D eigenvalue weighted by Crippen LogP contribution is 2.27. The minimum absolute atomic E-state index is 0.0960. The molecule has 1 aromatic heterocycles. The Balaban J connectivity index is 2.42. The van der Waals surface area contributed by atoms with Crippen molar-refractivity contribution in [3.63, 3.8) is 0 Å². The highest BCUT2D eigenvalue weighted by Gasteiger charge is 2.20. The zero-order valence-electron chi connectivity index (χ0n) is 10.3. The summed E-state index contributed by atoms with van der Waals surface area (Å²) in [5, 5.41) is 18.3. The first-order valence-electron chi connectivity index (χ1n) is 5.45. The summed E-state index contributed by atoms with van der Waals surface area (Å²) in [6.07, 6.45) is 0. The molecular formula is C12H11NO5S2. The van der Waals surface area contributed by atoms with Gasteiger partial charge in [0, 0.05) is 4.88 Å². The topological polar surface area (TPSA) is 104 Å². The van der Waals surface area contributed by atoms with E-state index in [-0.39, 0.29) is 21.2 Å². The number of rotatable bonds is 4. The van der Waals surface area contributed by atoms with Gasteiger partial charge in [-0.15, -0.1) is 11.3 Å². The number of aryl methyl sites for hydroxylation is 1. The number of benzene rings is 1. The molecule has 0 saturated carbocycles. The monoisotopic (exact) mass is 313 g/mol. The van der Waals surface area contributed by atoms with Crippen LogP contribution in [0.1, 0.15) is 15.2 Å². The number of aromatic carboxylic acids is 1. The molecule has 1 heterocycles. The van der Waals surface area contributed by atoms with Gasteiger partial charge in [0.1, 0.15) is 9.96 Å². The zero-order valence-corrected chi connectivity index (χ0v) is 12.0. The summed E-state index contributed by atoms with van der Waals surface area (Å²) in [5.74, 6) is -1.58. The third kappa shape index (κ3) is 2.91. The Morgan fingerprint density at radius 1 is 1.25 bits per heavy atom. The molecule has 20 heavy (non-hydrogen) atoms. The second-order valence-electron chi connectivity index (χ2n) is 4.01. The largest absolute Gasteiger partial charge is 0.508 e. The van der Waals surface area contributed by atoms with Crippen molar-refractivity contribution >= 4 is 33.0 Å². The van der Waals surface area contributed by atoms with Crippen molar-refractivity contribution in [1.29, 1.82) is 0 Å². The van der Waals surface area contributed by atoms with Crippen molar-refractivity contribution in [2.45, 2.75) is 11.1 Å². The second kappa shape index (κ2) is 5.14. The van der Waals surface area contributed by atoms with Gasteiger partial charge in [-0.05, 0) is 37.3 Å². The number of carbonyl (C=O) groups is 1. The van der Waals surface area contributed by atoms with Crippen LogP contribution in [0.15, 0.2) is 34.5 Å². The van der Waals surface area contributed by atoms with Crippen molar-refractivity contribution in [1.82, 2.24) is 0 Å². The van der Waals surface area contributed by atoms with Crippen LogP contribution in [-0.4, -0.2) is 24.6 Å². The maximum absolute atomic E-state index is 12.1. The summed E-state index contributed by atoms with van der Waals surface area (Å²) in [6, 6.07) is 6.51. The average molecular weight is 313 g/mol. The lowest BCUT2D eigenvalue weighted by molar-refractivity contribution is 0.0697. The Kier molecular flexibility index (Phi) is 3.69. The number of thiophene rings is 1. The zero-order chi connectivity index (χ0) is 14.9. The number of phenols is 1. The van der Waals surface area contributed by atoms with Crippen LogP contribution in [0, 0.1) is 6.92 Å². The van der Waals surface area contributed by atoms with Crippen LogP contribution >= 0.6 is 11.3 Å². The molecule has 0 fully saturated rings. The van der Waals surface area contributed by atoms with E-state index in [0.717, 1.165) is 22.3 Å². The highest BCUT2D eigenvalue weighted by atomic mass is 32.2. The number of sulfonamides is 1.